The molecule has 36 heavy (non-hydrogen) atoms. The van der Waals surface area contributed by atoms with Gasteiger partial charge in [0.2, 0.25) is 0 Å². The first-order valence-corrected chi connectivity index (χ1v) is 14.3. The van der Waals surface area contributed by atoms with Gasteiger partial charge in [0.05, 0.1) is 41.2 Å². The van der Waals surface area contributed by atoms with Gasteiger partial charge in [0.15, 0.2) is 0 Å². The van der Waals surface area contributed by atoms with Crippen molar-refractivity contribution in [2.24, 2.45) is 22.7 Å². The number of hydrogen-bond donors (Lipinski definition) is 4. The number of ether oxygens (including phenoxy) is 2. The van der Waals surface area contributed by atoms with Crippen LogP contribution in [0.1, 0.15) is 106 Å². The average molecular weight is 509 g/mol. The fraction of sp³-hybridized carbons (Fsp3) is 0.933. The Balaban J connectivity index is 1.63. The summed E-state index contributed by atoms with van der Waals surface area (Å²) >= 11 is 0. The second-order valence-electron chi connectivity index (χ2n) is 14.3. The van der Waals surface area contributed by atoms with Crippen LogP contribution in [0, 0.1) is 22.7 Å². The van der Waals surface area contributed by atoms with Crippen LogP contribution >= 0.6 is 0 Å². The summed E-state index contributed by atoms with van der Waals surface area (Å²) in [6.45, 7) is 18.6. The van der Waals surface area contributed by atoms with E-state index in [0.717, 1.165) is 38.5 Å². The van der Waals surface area contributed by atoms with Gasteiger partial charge in [-0.15, -0.1) is 0 Å². The van der Waals surface area contributed by atoms with Gasteiger partial charge in [-0.3, -0.25) is 0 Å². The maximum absolute atomic E-state index is 12.5. The molecule has 2 aliphatic carbocycles. The Hall–Kier alpha value is -0.500. The molecule has 0 amide bonds. The van der Waals surface area contributed by atoms with E-state index in [1.807, 2.05) is 27.7 Å². The molecule has 4 aliphatic rings. The summed E-state index contributed by atoms with van der Waals surface area (Å²) in [5.41, 5.74) is -2.14. The van der Waals surface area contributed by atoms with Gasteiger partial charge >= 0.3 is 0 Å². The fourth-order valence-corrected chi connectivity index (χ4v) is 8.45. The van der Waals surface area contributed by atoms with Gasteiger partial charge in [-0.2, -0.15) is 0 Å². The third-order valence-corrected chi connectivity index (χ3v) is 11.3. The molecule has 2 aliphatic heterocycles. The maximum atomic E-state index is 12.5. The normalized spacial score (nSPS) is 51.0. The molecule has 2 saturated carbocycles. The highest BCUT2D eigenvalue weighted by Crippen LogP contribution is 2.59. The van der Waals surface area contributed by atoms with Crippen molar-refractivity contribution in [3.05, 3.63) is 12.2 Å². The van der Waals surface area contributed by atoms with Crippen LogP contribution in [-0.2, 0) is 9.47 Å². The highest BCUT2D eigenvalue weighted by atomic mass is 16.5. The molecule has 2 heterocycles. The van der Waals surface area contributed by atoms with E-state index in [2.05, 4.69) is 27.4 Å². The molecule has 4 rings (SSSR count). The molecular weight excluding hydrogens is 456 g/mol. The Morgan fingerprint density at radius 3 is 2.19 bits per heavy atom. The van der Waals surface area contributed by atoms with E-state index in [4.69, 9.17) is 9.47 Å². The lowest BCUT2D eigenvalue weighted by Crippen LogP contribution is -2.61. The Morgan fingerprint density at radius 1 is 0.889 bits per heavy atom. The molecular formula is C30H52O6. The molecule has 10 atom stereocenters. The fourth-order valence-electron chi connectivity index (χ4n) is 8.45. The minimum Gasteiger partial charge on any atom is -0.390 e. The molecule has 6 heteroatoms. The summed E-state index contributed by atoms with van der Waals surface area (Å²) < 4.78 is 13.0. The molecule has 0 bridgehead atoms. The number of rotatable bonds is 3. The van der Waals surface area contributed by atoms with Crippen LogP contribution in [0.25, 0.3) is 0 Å². The van der Waals surface area contributed by atoms with Crippen molar-refractivity contribution >= 4 is 0 Å². The SMILES string of the molecule is C=C1CC[C@@H]2OC(C)(C)[C@H](O)CC[C@]2(C)[C@@H]1CC[C@]1(O)[C@H](C)CC[C@@H]2OC(C)(C)[C@H](O)[C@H](O)C[C@@]21C. The predicted octanol–water partition coefficient (Wildman–Crippen LogP) is 4.51. The highest BCUT2D eigenvalue weighted by Gasteiger charge is 2.62. The second-order valence-corrected chi connectivity index (χ2v) is 14.3. The Kier molecular flexibility index (Phi) is 7.37. The number of fused-ring (bicyclic) bond motifs is 2. The van der Waals surface area contributed by atoms with Crippen LogP contribution in [0.5, 0.6) is 0 Å². The van der Waals surface area contributed by atoms with E-state index in [1.165, 1.54) is 5.57 Å². The van der Waals surface area contributed by atoms with Gasteiger partial charge < -0.3 is 29.9 Å². The molecule has 0 radical (unpaired) electrons. The summed E-state index contributed by atoms with van der Waals surface area (Å²) in [4.78, 5) is 0. The predicted molar refractivity (Wildman–Crippen MR) is 140 cm³/mol. The highest BCUT2D eigenvalue weighted by molar-refractivity contribution is 5.17. The zero-order valence-electron chi connectivity index (χ0n) is 23.7. The third-order valence-electron chi connectivity index (χ3n) is 11.3. The van der Waals surface area contributed by atoms with Crippen LogP contribution in [0.4, 0.5) is 0 Å². The quantitative estimate of drug-likeness (QED) is 0.419. The topological polar surface area (TPSA) is 99.4 Å². The average Bonchev–Trinajstić information content (AvgIpc) is 2.92. The Morgan fingerprint density at radius 2 is 1.53 bits per heavy atom. The minimum absolute atomic E-state index is 0.0412. The summed E-state index contributed by atoms with van der Waals surface area (Å²) in [5.74, 6) is 0.218. The van der Waals surface area contributed by atoms with Crippen LogP contribution in [0.2, 0.25) is 0 Å². The zero-order valence-corrected chi connectivity index (χ0v) is 23.7. The van der Waals surface area contributed by atoms with Gasteiger partial charge in [-0.25, -0.2) is 0 Å². The molecule has 0 spiro atoms. The number of hydrogen-bond acceptors (Lipinski definition) is 6. The van der Waals surface area contributed by atoms with E-state index >= 15 is 0 Å². The van der Waals surface area contributed by atoms with Crippen LogP contribution in [0.3, 0.4) is 0 Å². The molecule has 0 unspecified atom stereocenters. The van der Waals surface area contributed by atoms with Gasteiger partial charge in [-0.1, -0.05) is 32.9 Å². The molecule has 208 valence electrons. The van der Waals surface area contributed by atoms with E-state index in [1.54, 1.807) is 0 Å². The molecule has 6 nitrogen and oxygen atoms in total. The van der Waals surface area contributed by atoms with Crippen molar-refractivity contribution in [2.75, 3.05) is 0 Å². The first-order chi connectivity index (χ1) is 16.5. The van der Waals surface area contributed by atoms with E-state index < -0.39 is 40.5 Å². The minimum atomic E-state index is -1.05. The molecule has 0 aromatic carbocycles. The van der Waals surface area contributed by atoms with Gasteiger partial charge in [-0.05, 0) is 97.3 Å². The van der Waals surface area contributed by atoms with Crippen molar-refractivity contribution in [3.8, 4) is 0 Å². The van der Waals surface area contributed by atoms with Crippen molar-refractivity contribution in [1.29, 1.82) is 0 Å². The lowest BCUT2D eigenvalue weighted by atomic mass is 9.53. The third kappa shape index (κ3) is 4.42. The lowest BCUT2D eigenvalue weighted by molar-refractivity contribution is -0.234. The molecule has 4 fully saturated rings. The first kappa shape index (κ1) is 28.5. The Bertz CT molecular complexity index is 839. The van der Waals surface area contributed by atoms with E-state index in [-0.39, 0.29) is 29.5 Å². The number of aliphatic hydroxyl groups excluding tert-OH is 3. The smallest absolute Gasteiger partial charge is 0.108 e. The summed E-state index contributed by atoms with van der Waals surface area (Å²) in [6.07, 6.45) is 4.00. The van der Waals surface area contributed by atoms with Crippen molar-refractivity contribution < 1.29 is 29.9 Å². The largest absolute Gasteiger partial charge is 0.390 e. The standard InChI is InChI=1S/C30H52O6/c1-18-9-11-23-28(7,15-14-22(32)26(3,4)35-23)20(18)13-16-30(34)19(2)10-12-24-29(30,8)17-21(31)25(33)27(5,6)36-24/h19-25,31-34H,1,9-17H2,2-8H3/t19-,20-,21-,22-,23+,24+,25-,28-,29+,30+/m1/s1. The molecule has 2 saturated heterocycles. The monoisotopic (exact) mass is 508 g/mol. The second kappa shape index (κ2) is 9.31. The summed E-state index contributed by atoms with van der Waals surface area (Å²) in [5, 5.41) is 45.1. The van der Waals surface area contributed by atoms with Gasteiger partial charge in [0, 0.05) is 10.8 Å². The van der Waals surface area contributed by atoms with Crippen LogP contribution in [0.15, 0.2) is 12.2 Å². The molecule has 0 aromatic rings. The maximum Gasteiger partial charge on any atom is 0.108 e. The molecule has 4 N–H and O–H groups in total. The zero-order chi connectivity index (χ0) is 26.9. The van der Waals surface area contributed by atoms with Gasteiger partial charge in [0.1, 0.15) is 6.10 Å². The van der Waals surface area contributed by atoms with Crippen molar-refractivity contribution in [1.82, 2.24) is 0 Å². The van der Waals surface area contributed by atoms with E-state index in [9.17, 15) is 20.4 Å². The summed E-state index contributed by atoms with van der Waals surface area (Å²) in [6, 6.07) is 0. The number of aliphatic hydroxyl groups is 4. The number of allylic oxidation sites excluding steroid dienone is 1. The van der Waals surface area contributed by atoms with Crippen molar-refractivity contribution in [2.45, 2.75) is 154 Å². The van der Waals surface area contributed by atoms with Crippen molar-refractivity contribution in [3.63, 3.8) is 0 Å². The lowest BCUT2D eigenvalue weighted by Gasteiger charge is -2.57. The first-order valence-electron chi connectivity index (χ1n) is 14.3. The molecule has 0 aromatic heterocycles. The van der Waals surface area contributed by atoms with Crippen LogP contribution < -0.4 is 0 Å². The Labute approximate surface area is 218 Å². The van der Waals surface area contributed by atoms with Crippen LogP contribution in [-0.4, -0.2) is 67.7 Å². The van der Waals surface area contributed by atoms with E-state index in [0.29, 0.717) is 19.3 Å². The summed E-state index contributed by atoms with van der Waals surface area (Å²) in [7, 11) is 0. The van der Waals surface area contributed by atoms with Gasteiger partial charge in [0.25, 0.3) is 0 Å².